The fourth-order valence-corrected chi connectivity index (χ4v) is 2.80. The summed E-state index contributed by atoms with van der Waals surface area (Å²) >= 11 is 1.58. The van der Waals surface area contributed by atoms with Crippen LogP contribution in [0.15, 0.2) is 37.9 Å². The Labute approximate surface area is 137 Å². The number of rotatable bonds is 6. The lowest BCUT2D eigenvalue weighted by Crippen LogP contribution is -2.26. The number of hydrogen-bond acceptors (Lipinski definition) is 6. The number of carbonyl (C=O) groups is 1. The molecule has 120 valence electrons. The molecule has 0 saturated heterocycles. The Morgan fingerprint density at radius 2 is 2.22 bits per heavy atom. The molecule has 6 nitrogen and oxygen atoms in total. The molecule has 1 amide bonds. The van der Waals surface area contributed by atoms with Crippen molar-refractivity contribution in [3.63, 3.8) is 0 Å². The molecule has 7 heteroatoms. The number of aryl methyl sites for hydroxylation is 2. The second-order valence-corrected chi connectivity index (χ2v) is 6.07. The fourth-order valence-electron chi connectivity index (χ4n) is 2.16. The molecule has 0 saturated carbocycles. The molecule has 0 aliphatic carbocycles. The van der Waals surface area contributed by atoms with Crippen LogP contribution in [0.5, 0.6) is 0 Å². The van der Waals surface area contributed by atoms with E-state index in [-0.39, 0.29) is 5.91 Å². The Hall–Kier alpha value is -2.41. The lowest BCUT2D eigenvalue weighted by molar-refractivity contribution is -0.130. The maximum atomic E-state index is 12.2. The number of aromatic nitrogens is 2. The van der Waals surface area contributed by atoms with Gasteiger partial charge in [-0.25, -0.2) is 0 Å². The summed E-state index contributed by atoms with van der Waals surface area (Å²) in [5.74, 6) is 2.66. The van der Waals surface area contributed by atoms with E-state index >= 15 is 0 Å². The van der Waals surface area contributed by atoms with E-state index < -0.39 is 0 Å². The van der Waals surface area contributed by atoms with Gasteiger partial charge in [-0.15, -0.1) is 0 Å². The molecule has 0 aliphatic rings. The lowest BCUT2D eigenvalue weighted by atomic mass is 10.2. The molecule has 0 fully saturated rings. The molecule has 0 aliphatic heterocycles. The topological polar surface area (TPSA) is 72.4 Å². The minimum Gasteiger partial charge on any atom is -0.464 e. The van der Waals surface area contributed by atoms with Crippen LogP contribution in [0.25, 0.3) is 11.4 Å². The van der Waals surface area contributed by atoms with Gasteiger partial charge in [0.05, 0.1) is 6.54 Å². The number of nitrogens with zero attached hydrogens (tertiary/aromatic N) is 3. The van der Waals surface area contributed by atoms with E-state index in [9.17, 15) is 4.79 Å². The van der Waals surface area contributed by atoms with E-state index in [1.54, 1.807) is 23.3 Å². The summed E-state index contributed by atoms with van der Waals surface area (Å²) in [7, 11) is 1.75. The van der Waals surface area contributed by atoms with E-state index in [0.29, 0.717) is 31.1 Å². The van der Waals surface area contributed by atoms with Crippen molar-refractivity contribution in [1.82, 2.24) is 15.0 Å². The molecule has 3 rings (SSSR count). The first-order chi connectivity index (χ1) is 11.1. The summed E-state index contributed by atoms with van der Waals surface area (Å²) in [6.07, 6.45) is 0.749. The minimum absolute atomic E-state index is 0.00864. The molecule has 3 aromatic heterocycles. The van der Waals surface area contributed by atoms with Crippen molar-refractivity contribution < 1.29 is 13.7 Å². The number of carbonyl (C=O) groups excluding carboxylic acids is 1. The van der Waals surface area contributed by atoms with Crippen LogP contribution in [-0.4, -0.2) is 28.0 Å². The molecule has 3 aromatic rings. The highest BCUT2D eigenvalue weighted by atomic mass is 32.1. The fraction of sp³-hybridized carbons (Fsp3) is 0.312. The highest BCUT2D eigenvalue weighted by molar-refractivity contribution is 7.08. The van der Waals surface area contributed by atoms with Gasteiger partial charge in [0.25, 0.3) is 0 Å². The average Bonchev–Trinajstić information content (AvgIpc) is 3.26. The molecule has 0 radical (unpaired) electrons. The molecule has 3 heterocycles. The van der Waals surface area contributed by atoms with Crippen LogP contribution in [0.4, 0.5) is 0 Å². The van der Waals surface area contributed by atoms with Crippen LogP contribution in [0.1, 0.15) is 23.8 Å². The first kappa shape index (κ1) is 15.5. The van der Waals surface area contributed by atoms with Gasteiger partial charge in [-0.1, -0.05) is 5.16 Å². The summed E-state index contributed by atoms with van der Waals surface area (Å²) in [4.78, 5) is 18.1. The van der Waals surface area contributed by atoms with E-state index in [2.05, 4.69) is 10.1 Å². The van der Waals surface area contributed by atoms with Gasteiger partial charge in [-0.3, -0.25) is 4.79 Å². The monoisotopic (exact) mass is 331 g/mol. The van der Waals surface area contributed by atoms with E-state index in [1.165, 1.54) is 0 Å². The molecular formula is C16H17N3O3S. The van der Waals surface area contributed by atoms with E-state index in [4.69, 9.17) is 8.94 Å². The van der Waals surface area contributed by atoms with Crippen molar-refractivity contribution >= 4 is 17.2 Å². The predicted molar refractivity (Wildman–Crippen MR) is 85.9 cm³/mol. The highest BCUT2D eigenvalue weighted by Crippen LogP contribution is 2.19. The summed E-state index contributed by atoms with van der Waals surface area (Å²) < 4.78 is 10.7. The van der Waals surface area contributed by atoms with E-state index in [0.717, 1.165) is 17.1 Å². The Morgan fingerprint density at radius 1 is 1.35 bits per heavy atom. The second kappa shape index (κ2) is 6.78. The first-order valence-corrected chi connectivity index (χ1v) is 8.20. The Kier molecular flexibility index (Phi) is 4.57. The zero-order valence-corrected chi connectivity index (χ0v) is 13.8. The van der Waals surface area contributed by atoms with Gasteiger partial charge in [-0.05, 0) is 30.5 Å². The third kappa shape index (κ3) is 3.87. The van der Waals surface area contributed by atoms with Crippen molar-refractivity contribution in [2.75, 3.05) is 7.05 Å². The van der Waals surface area contributed by atoms with Gasteiger partial charge < -0.3 is 13.8 Å². The van der Waals surface area contributed by atoms with Gasteiger partial charge in [0.1, 0.15) is 11.5 Å². The SMILES string of the molecule is Cc1ccc(CN(C)C(=O)CCc2nc(-c3ccsc3)no2)o1. The largest absolute Gasteiger partial charge is 0.464 e. The standard InChI is InChI=1S/C16H17N3O3S/c1-11-3-4-13(21-11)9-19(2)15(20)6-5-14-17-16(18-22-14)12-7-8-23-10-12/h3-4,7-8,10H,5-6,9H2,1-2H3. The van der Waals surface area contributed by atoms with Gasteiger partial charge in [0.15, 0.2) is 0 Å². The quantitative estimate of drug-likeness (QED) is 0.693. The first-order valence-electron chi connectivity index (χ1n) is 7.26. The average molecular weight is 331 g/mol. The van der Waals surface area contributed by atoms with Crippen LogP contribution < -0.4 is 0 Å². The smallest absolute Gasteiger partial charge is 0.227 e. The van der Waals surface area contributed by atoms with Crippen molar-refractivity contribution in [2.24, 2.45) is 0 Å². The van der Waals surface area contributed by atoms with Gasteiger partial charge in [0.2, 0.25) is 17.6 Å². The zero-order chi connectivity index (χ0) is 16.2. The number of hydrogen-bond donors (Lipinski definition) is 0. The molecular weight excluding hydrogens is 314 g/mol. The molecule has 0 N–H and O–H groups in total. The maximum Gasteiger partial charge on any atom is 0.227 e. The highest BCUT2D eigenvalue weighted by Gasteiger charge is 2.14. The molecule has 0 aromatic carbocycles. The Balaban J connectivity index is 1.52. The Morgan fingerprint density at radius 3 is 2.91 bits per heavy atom. The third-order valence-corrected chi connectivity index (χ3v) is 4.10. The number of furan rings is 1. The number of thiophene rings is 1. The van der Waals surface area contributed by atoms with Crippen molar-refractivity contribution in [3.05, 3.63) is 46.4 Å². The predicted octanol–water partition coefficient (Wildman–Crippen LogP) is 3.29. The summed E-state index contributed by atoms with van der Waals surface area (Å²) in [5, 5.41) is 7.85. The minimum atomic E-state index is 0.00864. The van der Waals surface area contributed by atoms with Gasteiger partial charge in [-0.2, -0.15) is 16.3 Å². The van der Waals surface area contributed by atoms with Crippen LogP contribution in [0.2, 0.25) is 0 Å². The zero-order valence-electron chi connectivity index (χ0n) is 13.0. The molecule has 0 spiro atoms. The number of amides is 1. The van der Waals surface area contributed by atoms with Crippen LogP contribution in [0, 0.1) is 6.92 Å². The molecule has 23 heavy (non-hydrogen) atoms. The Bertz CT molecular complexity index is 776. The third-order valence-electron chi connectivity index (χ3n) is 3.41. The van der Waals surface area contributed by atoms with E-state index in [1.807, 2.05) is 35.9 Å². The van der Waals surface area contributed by atoms with Crippen molar-refractivity contribution in [3.8, 4) is 11.4 Å². The second-order valence-electron chi connectivity index (χ2n) is 5.29. The molecule has 0 atom stereocenters. The summed E-state index contributed by atoms with van der Waals surface area (Å²) in [6.45, 7) is 2.34. The summed E-state index contributed by atoms with van der Waals surface area (Å²) in [5.41, 5.74) is 0.932. The van der Waals surface area contributed by atoms with Crippen LogP contribution >= 0.6 is 11.3 Å². The molecule has 0 bridgehead atoms. The summed E-state index contributed by atoms with van der Waals surface area (Å²) in [6, 6.07) is 5.70. The van der Waals surface area contributed by atoms with Crippen molar-refractivity contribution in [1.29, 1.82) is 0 Å². The van der Waals surface area contributed by atoms with Crippen molar-refractivity contribution in [2.45, 2.75) is 26.3 Å². The van der Waals surface area contributed by atoms with Gasteiger partial charge in [0, 0.05) is 30.8 Å². The normalized spacial score (nSPS) is 10.9. The lowest BCUT2D eigenvalue weighted by Gasteiger charge is -2.14. The maximum absolute atomic E-state index is 12.2. The van der Waals surface area contributed by atoms with Crippen LogP contribution in [-0.2, 0) is 17.8 Å². The van der Waals surface area contributed by atoms with Gasteiger partial charge >= 0.3 is 0 Å². The molecule has 0 unspecified atom stereocenters. The van der Waals surface area contributed by atoms with Crippen LogP contribution in [0.3, 0.4) is 0 Å².